The maximum absolute atomic E-state index is 10.8. The van der Waals surface area contributed by atoms with Crippen LogP contribution < -0.4 is 0 Å². The average molecular weight is 220 g/mol. The van der Waals surface area contributed by atoms with Crippen LogP contribution >= 0.6 is 0 Å². The Kier molecular flexibility index (Phi) is 5.62. The zero-order chi connectivity index (χ0) is 11.8. The Morgan fingerprint density at radius 3 is 2.50 bits per heavy atom. The van der Waals surface area contributed by atoms with E-state index in [2.05, 4.69) is 6.92 Å². The van der Waals surface area contributed by atoms with E-state index in [4.69, 9.17) is 5.11 Å². The van der Waals surface area contributed by atoms with Crippen LogP contribution in [0.1, 0.15) is 50.5 Å². The van der Waals surface area contributed by atoms with Crippen LogP contribution in [-0.2, 0) is 4.79 Å². The van der Waals surface area contributed by atoms with E-state index in [1.165, 1.54) is 12.8 Å². The second-order valence-electron chi connectivity index (χ2n) is 4.20. The molecule has 0 fully saturated rings. The Morgan fingerprint density at radius 1 is 1.25 bits per heavy atom. The van der Waals surface area contributed by atoms with Crippen molar-refractivity contribution in [2.75, 3.05) is 0 Å². The molecule has 0 aromatic heterocycles. The van der Waals surface area contributed by atoms with Gasteiger partial charge in [0.25, 0.3) is 0 Å². The Morgan fingerprint density at radius 2 is 1.94 bits per heavy atom. The van der Waals surface area contributed by atoms with E-state index in [0.717, 1.165) is 18.4 Å². The van der Waals surface area contributed by atoms with Crippen LogP contribution in [0.3, 0.4) is 0 Å². The van der Waals surface area contributed by atoms with Gasteiger partial charge in [0.2, 0.25) is 0 Å². The van der Waals surface area contributed by atoms with Crippen LogP contribution in [-0.4, -0.2) is 11.1 Å². The Labute approximate surface area is 97.3 Å². The minimum atomic E-state index is -0.703. The Balaban J connectivity index is 2.60. The Hall–Kier alpha value is -1.31. The summed E-state index contributed by atoms with van der Waals surface area (Å²) in [6, 6.07) is 9.97. The summed E-state index contributed by atoms with van der Waals surface area (Å²) in [7, 11) is 0. The van der Waals surface area contributed by atoms with Crippen molar-refractivity contribution in [3.05, 3.63) is 35.9 Å². The van der Waals surface area contributed by atoms with E-state index >= 15 is 0 Å². The van der Waals surface area contributed by atoms with Crippen molar-refractivity contribution in [1.82, 2.24) is 0 Å². The van der Waals surface area contributed by atoms with E-state index in [1.54, 1.807) is 0 Å². The minimum Gasteiger partial charge on any atom is -0.481 e. The molecule has 0 heterocycles. The third-order valence-corrected chi connectivity index (χ3v) is 2.85. The van der Waals surface area contributed by atoms with Crippen molar-refractivity contribution in [2.24, 2.45) is 0 Å². The molecule has 0 aliphatic rings. The number of hydrogen-bond donors (Lipinski definition) is 1. The molecule has 0 spiro atoms. The molecule has 1 aromatic rings. The Bertz CT molecular complexity index is 306. The predicted octanol–water partition coefficient (Wildman–Crippen LogP) is 3.83. The van der Waals surface area contributed by atoms with Gasteiger partial charge in [0, 0.05) is 0 Å². The zero-order valence-electron chi connectivity index (χ0n) is 9.86. The van der Waals surface area contributed by atoms with E-state index in [-0.39, 0.29) is 12.3 Å². The standard InChI is InChI=1S/C14H20O2/c1-2-3-5-10-13(11-14(15)16)12-8-6-4-7-9-12/h4,6-9,13H,2-3,5,10-11H2,1H3,(H,15,16). The summed E-state index contributed by atoms with van der Waals surface area (Å²) in [5, 5.41) is 8.90. The van der Waals surface area contributed by atoms with Gasteiger partial charge < -0.3 is 5.11 Å². The summed E-state index contributed by atoms with van der Waals surface area (Å²) in [4.78, 5) is 10.8. The highest BCUT2D eigenvalue weighted by atomic mass is 16.4. The third kappa shape index (κ3) is 4.47. The lowest BCUT2D eigenvalue weighted by molar-refractivity contribution is -0.137. The van der Waals surface area contributed by atoms with E-state index < -0.39 is 5.97 Å². The molecule has 0 radical (unpaired) electrons. The highest BCUT2D eigenvalue weighted by Crippen LogP contribution is 2.25. The molecule has 0 bridgehead atoms. The number of rotatable bonds is 7. The van der Waals surface area contributed by atoms with Crippen LogP contribution in [0, 0.1) is 0 Å². The lowest BCUT2D eigenvalue weighted by Crippen LogP contribution is -2.06. The van der Waals surface area contributed by atoms with Gasteiger partial charge in [-0.1, -0.05) is 56.5 Å². The lowest BCUT2D eigenvalue weighted by atomic mass is 9.90. The molecule has 0 saturated carbocycles. The van der Waals surface area contributed by atoms with Gasteiger partial charge in [0.15, 0.2) is 0 Å². The molecular weight excluding hydrogens is 200 g/mol. The maximum Gasteiger partial charge on any atom is 0.303 e. The number of hydrogen-bond acceptors (Lipinski definition) is 1. The molecule has 2 heteroatoms. The first kappa shape index (κ1) is 12.8. The summed E-state index contributed by atoms with van der Waals surface area (Å²) >= 11 is 0. The lowest BCUT2D eigenvalue weighted by Gasteiger charge is -2.14. The molecule has 0 amide bonds. The maximum atomic E-state index is 10.8. The molecular formula is C14H20O2. The smallest absolute Gasteiger partial charge is 0.303 e. The number of aliphatic carboxylic acids is 1. The van der Waals surface area contributed by atoms with Gasteiger partial charge in [0.05, 0.1) is 6.42 Å². The van der Waals surface area contributed by atoms with Crippen LogP contribution in [0.4, 0.5) is 0 Å². The van der Waals surface area contributed by atoms with Gasteiger partial charge in [-0.3, -0.25) is 4.79 Å². The fourth-order valence-electron chi connectivity index (χ4n) is 1.96. The molecule has 0 saturated heterocycles. The first-order chi connectivity index (χ1) is 7.74. The fraction of sp³-hybridized carbons (Fsp3) is 0.500. The number of carbonyl (C=O) groups is 1. The molecule has 1 unspecified atom stereocenters. The molecule has 1 N–H and O–H groups in total. The predicted molar refractivity (Wildman–Crippen MR) is 65.6 cm³/mol. The zero-order valence-corrected chi connectivity index (χ0v) is 9.86. The van der Waals surface area contributed by atoms with Crippen LogP contribution in [0.2, 0.25) is 0 Å². The number of carboxylic acids is 1. The molecule has 88 valence electrons. The minimum absolute atomic E-state index is 0.172. The number of unbranched alkanes of at least 4 members (excludes halogenated alkanes) is 2. The molecule has 16 heavy (non-hydrogen) atoms. The van der Waals surface area contributed by atoms with Crippen molar-refractivity contribution in [3.8, 4) is 0 Å². The van der Waals surface area contributed by atoms with Crippen LogP contribution in [0.25, 0.3) is 0 Å². The third-order valence-electron chi connectivity index (χ3n) is 2.85. The highest BCUT2D eigenvalue weighted by Gasteiger charge is 2.14. The van der Waals surface area contributed by atoms with Crippen LogP contribution in [0.5, 0.6) is 0 Å². The largest absolute Gasteiger partial charge is 0.481 e. The van der Waals surface area contributed by atoms with Gasteiger partial charge in [0.1, 0.15) is 0 Å². The first-order valence-electron chi connectivity index (χ1n) is 6.00. The molecule has 1 rings (SSSR count). The summed E-state index contributed by atoms with van der Waals surface area (Å²) in [6.45, 7) is 2.16. The first-order valence-corrected chi connectivity index (χ1v) is 6.00. The van der Waals surface area contributed by atoms with Gasteiger partial charge in [-0.2, -0.15) is 0 Å². The fourth-order valence-corrected chi connectivity index (χ4v) is 1.96. The van der Waals surface area contributed by atoms with Crippen molar-refractivity contribution in [1.29, 1.82) is 0 Å². The average Bonchev–Trinajstić information content (AvgIpc) is 2.29. The normalized spacial score (nSPS) is 12.3. The van der Waals surface area contributed by atoms with Gasteiger partial charge >= 0.3 is 5.97 Å². The van der Waals surface area contributed by atoms with E-state index in [9.17, 15) is 4.79 Å². The monoisotopic (exact) mass is 220 g/mol. The second-order valence-corrected chi connectivity index (χ2v) is 4.20. The quantitative estimate of drug-likeness (QED) is 0.709. The van der Waals surface area contributed by atoms with Crippen molar-refractivity contribution >= 4 is 5.97 Å². The van der Waals surface area contributed by atoms with E-state index in [0.29, 0.717) is 0 Å². The van der Waals surface area contributed by atoms with Crippen molar-refractivity contribution in [2.45, 2.75) is 44.9 Å². The van der Waals surface area contributed by atoms with Gasteiger partial charge in [-0.25, -0.2) is 0 Å². The number of carboxylic acid groups (broad SMARTS) is 1. The van der Waals surface area contributed by atoms with E-state index in [1.807, 2.05) is 30.3 Å². The number of benzene rings is 1. The summed E-state index contributed by atoms with van der Waals surface area (Å²) in [5.41, 5.74) is 1.15. The second kappa shape index (κ2) is 7.04. The summed E-state index contributed by atoms with van der Waals surface area (Å²) in [5.74, 6) is -0.532. The van der Waals surface area contributed by atoms with Crippen LogP contribution in [0.15, 0.2) is 30.3 Å². The summed E-state index contributed by atoms with van der Waals surface area (Å²) < 4.78 is 0. The molecule has 1 atom stereocenters. The highest BCUT2D eigenvalue weighted by molar-refractivity contribution is 5.68. The molecule has 2 nitrogen and oxygen atoms in total. The molecule has 1 aromatic carbocycles. The molecule has 0 aliphatic heterocycles. The van der Waals surface area contributed by atoms with Crippen molar-refractivity contribution < 1.29 is 9.90 Å². The van der Waals surface area contributed by atoms with Gasteiger partial charge in [-0.15, -0.1) is 0 Å². The molecule has 0 aliphatic carbocycles. The summed E-state index contributed by atoms with van der Waals surface area (Å²) in [6.07, 6.45) is 4.69. The SMILES string of the molecule is CCCCCC(CC(=O)O)c1ccccc1. The topological polar surface area (TPSA) is 37.3 Å². The van der Waals surface area contributed by atoms with Gasteiger partial charge in [-0.05, 0) is 17.9 Å². The van der Waals surface area contributed by atoms with Crippen molar-refractivity contribution in [3.63, 3.8) is 0 Å².